The van der Waals surface area contributed by atoms with Crippen LogP contribution in [0, 0.1) is 6.92 Å². The molecule has 94 valence electrons. The maximum Gasteiger partial charge on any atom is 0.0536 e. The maximum atomic E-state index is 5.81. The fourth-order valence-corrected chi connectivity index (χ4v) is 2.48. The second-order valence-electron chi connectivity index (χ2n) is 5.02. The number of aryl methyl sites for hydroxylation is 1. The normalized spacial score (nSPS) is 14.9. The average molecular weight is 242 g/mol. The predicted octanol–water partition coefficient (Wildman–Crippen LogP) is 1.79. The number of nitrogen functional groups attached to an aromatic ring is 1. The second kappa shape index (κ2) is 4.46. The fraction of sp³-hybridized carbons (Fsp3) is 0.357. The van der Waals surface area contributed by atoms with Crippen LogP contribution in [0.1, 0.15) is 16.7 Å². The van der Waals surface area contributed by atoms with Crippen molar-refractivity contribution in [2.45, 2.75) is 26.6 Å². The lowest BCUT2D eigenvalue weighted by molar-refractivity contribution is 0.267. The second-order valence-corrected chi connectivity index (χ2v) is 5.02. The molecule has 2 aromatic rings. The first-order valence-electron chi connectivity index (χ1n) is 6.29. The molecule has 18 heavy (non-hydrogen) atoms. The number of anilines is 1. The molecule has 4 heteroatoms. The quantitative estimate of drug-likeness (QED) is 0.835. The Morgan fingerprint density at radius 1 is 1.22 bits per heavy atom. The van der Waals surface area contributed by atoms with Crippen LogP contribution in [0.4, 0.5) is 5.69 Å². The van der Waals surface area contributed by atoms with E-state index >= 15 is 0 Å². The molecule has 0 spiro atoms. The van der Waals surface area contributed by atoms with E-state index in [0.717, 1.165) is 31.9 Å². The fourth-order valence-electron chi connectivity index (χ4n) is 2.48. The summed E-state index contributed by atoms with van der Waals surface area (Å²) in [6.07, 6.45) is 3.99. The van der Waals surface area contributed by atoms with Crippen molar-refractivity contribution < 1.29 is 0 Å². The average Bonchev–Trinajstić information content (AvgIpc) is 2.92. The third-order valence-electron chi connectivity index (χ3n) is 3.43. The molecule has 0 saturated carbocycles. The summed E-state index contributed by atoms with van der Waals surface area (Å²) in [5.74, 6) is 0. The molecule has 2 heterocycles. The van der Waals surface area contributed by atoms with E-state index < -0.39 is 0 Å². The molecule has 4 nitrogen and oxygen atoms in total. The van der Waals surface area contributed by atoms with Gasteiger partial charge in [-0.2, -0.15) is 5.10 Å². The summed E-state index contributed by atoms with van der Waals surface area (Å²) in [6, 6.07) is 6.22. The Morgan fingerprint density at radius 2 is 2.06 bits per heavy atom. The number of hydrogen-bond acceptors (Lipinski definition) is 3. The van der Waals surface area contributed by atoms with Crippen LogP contribution in [-0.4, -0.2) is 21.2 Å². The first-order chi connectivity index (χ1) is 8.70. The number of nitrogens with two attached hydrogens (primary N) is 1. The first kappa shape index (κ1) is 11.3. The first-order valence-corrected chi connectivity index (χ1v) is 6.29. The minimum Gasteiger partial charge on any atom is -0.399 e. The van der Waals surface area contributed by atoms with Gasteiger partial charge in [0.2, 0.25) is 0 Å². The molecule has 0 bridgehead atoms. The highest BCUT2D eigenvalue weighted by molar-refractivity contribution is 5.46. The molecule has 0 atom stereocenters. The highest BCUT2D eigenvalue weighted by atomic mass is 15.3. The Bertz CT molecular complexity index is 559. The van der Waals surface area contributed by atoms with Crippen LogP contribution in [0.25, 0.3) is 0 Å². The minimum absolute atomic E-state index is 0.860. The molecule has 3 rings (SSSR count). The topological polar surface area (TPSA) is 47.1 Å². The largest absolute Gasteiger partial charge is 0.399 e. The van der Waals surface area contributed by atoms with Crippen molar-refractivity contribution in [2.24, 2.45) is 0 Å². The molecule has 1 aliphatic heterocycles. The molecule has 1 aromatic heterocycles. The number of benzene rings is 1. The highest BCUT2D eigenvalue weighted by Gasteiger charge is 2.18. The molecule has 0 amide bonds. The van der Waals surface area contributed by atoms with Gasteiger partial charge < -0.3 is 5.73 Å². The maximum absolute atomic E-state index is 5.81. The zero-order valence-corrected chi connectivity index (χ0v) is 10.6. The summed E-state index contributed by atoms with van der Waals surface area (Å²) in [6.45, 7) is 6.06. The Kier molecular flexibility index (Phi) is 2.80. The molecule has 2 N–H and O–H groups in total. The molecule has 0 fully saturated rings. The van der Waals surface area contributed by atoms with E-state index in [1.165, 1.54) is 16.7 Å². The van der Waals surface area contributed by atoms with Gasteiger partial charge in [0.15, 0.2) is 0 Å². The van der Waals surface area contributed by atoms with Gasteiger partial charge in [0.1, 0.15) is 0 Å². The lowest BCUT2D eigenvalue weighted by Gasteiger charge is -2.14. The van der Waals surface area contributed by atoms with Crippen molar-refractivity contribution in [1.29, 1.82) is 0 Å². The van der Waals surface area contributed by atoms with Gasteiger partial charge in [0.25, 0.3) is 0 Å². The molecule has 0 radical (unpaired) electrons. The Balaban J connectivity index is 1.61. The van der Waals surface area contributed by atoms with Gasteiger partial charge in [-0.3, -0.25) is 9.58 Å². The number of nitrogens with zero attached hydrogens (tertiary/aromatic N) is 3. The van der Waals surface area contributed by atoms with Crippen LogP contribution in [0.2, 0.25) is 0 Å². The van der Waals surface area contributed by atoms with Crippen molar-refractivity contribution in [3.05, 3.63) is 47.3 Å². The summed E-state index contributed by atoms with van der Waals surface area (Å²) in [4.78, 5) is 2.43. The van der Waals surface area contributed by atoms with Gasteiger partial charge in [0.05, 0.1) is 12.7 Å². The summed E-state index contributed by atoms with van der Waals surface area (Å²) in [5, 5.41) is 4.31. The van der Waals surface area contributed by atoms with Gasteiger partial charge in [-0.05, 0) is 35.7 Å². The summed E-state index contributed by atoms with van der Waals surface area (Å²) < 4.78 is 2.01. The lowest BCUT2D eigenvalue weighted by Crippen LogP contribution is -2.22. The van der Waals surface area contributed by atoms with Crippen molar-refractivity contribution in [2.75, 3.05) is 12.3 Å². The summed E-state index contributed by atoms with van der Waals surface area (Å²) in [5.41, 5.74) is 10.7. The Morgan fingerprint density at radius 3 is 2.83 bits per heavy atom. The van der Waals surface area contributed by atoms with Gasteiger partial charge >= 0.3 is 0 Å². The van der Waals surface area contributed by atoms with E-state index in [1.54, 1.807) is 0 Å². The molecular weight excluding hydrogens is 224 g/mol. The molecule has 1 aromatic carbocycles. The smallest absolute Gasteiger partial charge is 0.0536 e. The third kappa shape index (κ3) is 2.24. The third-order valence-corrected chi connectivity index (χ3v) is 3.43. The van der Waals surface area contributed by atoms with E-state index in [2.05, 4.69) is 35.3 Å². The number of aromatic nitrogens is 2. The van der Waals surface area contributed by atoms with Crippen LogP contribution >= 0.6 is 0 Å². The highest BCUT2D eigenvalue weighted by Crippen LogP contribution is 2.24. The van der Waals surface area contributed by atoms with Crippen LogP contribution in [-0.2, 0) is 19.6 Å². The van der Waals surface area contributed by atoms with Gasteiger partial charge in [-0.25, -0.2) is 0 Å². The summed E-state index contributed by atoms with van der Waals surface area (Å²) >= 11 is 0. The number of hydrogen-bond donors (Lipinski definition) is 1. The van der Waals surface area contributed by atoms with Crippen LogP contribution < -0.4 is 5.73 Å². The van der Waals surface area contributed by atoms with Gasteiger partial charge in [-0.1, -0.05) is 6.07 Å². The van der Waals surface area contributed by atoms with E-state index in [1.807, 2.05) is 16.9 Å². The molecule has 0 saturated heterocycles. The van der Waals surface area contributed by atoms with Crippen LogP contribution in [0.3, 0.4) is 0 Å². The monoisotopic (exact) mass is 242 g/mol. The van der Waals surface area contributed by atoms with E-state index in [4.69, 9.17) is 5.73 Å². The minimum atomic E-state index is 0.860. The molecular formula is C14H18N4. The predicted molar refractivity (Wildman–Crippen MR) is 71.9 cm³/mol. The van der Waals surface area contributed by atoms with Gasteiger partial charge in [-0.15, -0.1) is 0 Å². The molecule has 0 unspecified atom stereocenters. The lowest BCUT2D eigenvalue weighted by atomic mass is 10.1. The number of rotatable bonds is 3. The van der Waals surface area contributed by atoms with E-state index in [0.29, 0.717) is 0 Å². The number of fused-ring (bicyclic) bond motifs is 1. The van der Waals surface area contributed by atoms with Gasteiger partial charge in [0, 0.05) is 31.5 Å². The van der Waals surface area contributed by atoms with Crippen molar-refractivity contribution >= 4 is 5.69 Å². The summed E-state index contributed by atoms with van der Waals surface area (Å²) in [7, 11) is 0. The standard InChI is InChI=1S/C14H18N4/c1-11-7-16-18(8-11)5-4-17-9-12-2-3-14(15)6-13(12)10-17/h2-3,6-8H,4-5,9-10,15H2,1H3. The van der Waals surface area contributed by atoms with E-state index in [-0.39, 0.29) is 0 Å². The van der Waals surface area contributed by atoms with Crippen molar-refractivity contribution in [1.82, 2.24) is 14.7 Å². The Labute approximate surface area is 107 Å². The van der Waals surface area contributed by atoms with Crippen LogP contribution in [0.15, 0.2) is 30.6 Å². The molecule has 0 aliphatic carbocycles. The Hall–Kier alpha value is -1.81. The van der Waals surface area contributed by atoms with Crippen molar-refractivity contribution in [3.63, 3.8) is 0 Å². The van der Waals surface area contributed by atoms with Crippen LogP contribution in [0.5, 0.6) is 0 Å². The van der Waals surface area contributed by atoms with Crippen molar-refractivity contribution in [3.8, 4) is 0 Å². The molecule has 1 aliphatic rings. The zero-order valence-electron chi connectivity index (χ0n) is 10.6. The SMILES string of the molecule is Cc1cnn(CCN2Cc3ccc(N)cc3C2)c1. The van der Waals surface area contributed by atoms with E-state index in [9.17, 15) is 0 Å². The zero-order chi connectivity index (χ0) is 12.5.